The summed E-state index contributed by atoms with van der Waals surface area (Å²) < 4.78 is 25.4. The zero-order valence-corrected chi connectivity index (χ0v) is 18.5. The molecule has 4 rings (SSSR count). The lowest BCUT2D eigenvalue weighted by Gasteiger charge is -2.25. The summed E-state index contributed by atoms with van der Waals surface area (Å²) in [7, 11) is -3.36. The van der Waals surface area contributed by atoms with Gasteiger partial charge in [-0.3, -0.25) is 0 Å². The molecule has 0 fully saturated rings. The van der Waals surface area contributed by atoms with Crippen LogP contribution in [0.3, 0.4) is 0 Å². The second-order valence-electron chi connectivity index (χ2n) is 8.41. The third-order valence-corrected chi connectivity index (χ3v) is 7.36. The standard InChI is InChI=1S/C23H27N3O4S/c1-16-7-8-19-18(11-16)20(24-14-23(2,28)15-27)12-22(25-19)26-9-10-31(29,30)21-6-4-3-5-17(21)13-26/h3-8,11-12,27-28H,9-10,13-15H2,1-2H3,(H,24,25). The smallest absolute Gasteiger partial charge is 0.180 e. The predicted octanol–water partition coefficient (Wildman–Crippen LogP) is 2.49. The number of pyridine rings is 1. The molecule has 1 atom stereocenters. The molecule has 1 aliphatic heterocycles. The number of fused-ring (bicyclic) bond motifs is 2. The normalized spacial score (nSPS) is 17.6. The fraction of sp³-hybridized carbons (Fsp3) is 0.348. The molecule has 1 aromatic heterocycles. The molecule has 0 radical (unpaired) electrons. The van der Waals surface area contributed by atoms with Crippen LogP contribution in [0.15, 0.2) is 53.4 Å². The number of hydrogen-bond acceptors (Lipinski definition) is 7. The van der Waals surface area contributed by atoms with Crippen LogP contribution < -0.4 is 10.2 Å². The number of benzene rings is 2. The van der Waals surface area contributed by atoms with Crippen LogP contribution in [0.4, 0.5) is 11.5 Å². The Balaban J connectivity index is 1.77. The first-order valence-electron chi connectivity index (χ1n) is 10.2. The first-order valence-corrected chi connectivity index (χ1v) is 11.9. The fourth-order valence-electron chi connectivity index (χ4n) is 3.73. The Morgan fingerprint density at radius 3 is 2.74 bits per heavy atom. The molecular formula is C23H27N3O4S. The second-order valence-corrected chi connectivity index (χ2v) is 10.5. The van der Waals surface area contributed by atoms with Crippen LogP contribution in [-0.4, -0.2) is 54.7 Å². The summed E-state index contributed by atoms with van der Waals surface area (Å²) in [5.74, 6) is 0.675. The van der Waals surface area contributed by atoms with Gasteiger partial charge in [-0.2, -0.15) is 0 Å². The van der Waals surface area contributed by atoms with E-state index in [1.165, 1.54) is 0 Å². The summed E-state index contributed by atoms with van der Waals surface area (Å²) in [5, 5.41) is 23.8. The predicted molar refractivity (Wildman–Crippen MR) is 122 cm³/mol. The van der Waals surface area contributed by atoms with Gasteiger partial charge in [0, 0.05) is 36.8 Å². The Kier molecular flexibility index (Phi) is 5.63. The van der Waals surface area contributed by atoms with E-state index in [1.807, 2.05) is 48.2 Å². The maximum Gasteiger partial charge on any atom is 0.180 e. The minimum Gasteiger partial charge on any atom is -0.393 e. The number of nitrogens with one attached hydrogen (secondary N) is 1. The summed E-state index contributed by atoms with van der Waals surface area (Å²) >= 11 is 0. The number of hydrogen-bond donors (Lipinski definition) is 3. The molecule has 0 saturated heterocycles. The van der Waals surface area contributed by atoms with Gasteiger partial charge in [-0.25, -0.2) is 13.4 Å². The molecule has 0 saturated carbocycles. The van der Waals surface area contributed by atoms with Crippen LogP contribution in [0.5, 0.6) is 0 Å². The maximum atomic E-state index is 12.7. The van der Waals surface area contributed by atoms with Crippen LogP contribution in [0.1, 0.15) is 18.1 Å². The van der Waals surface area contributed by atoms with E-state index in [0.29, 0.717) is 23.8 Å². The zero-order chi connectivity index (χ0) is 22.2. The van der Waals surface area contributed by atoms with E-state index in [2.05, 4.69) is 5.32 Å². The SMILES string of the molecule is Cc1ccc2nc(N3CCS(=O)(=O)c4ccccc4C3)cc(NCC(C)(O)CO)c2c1. The Morgan fingerprint density at radius 1 is 1.19 bits per heavy atom. The third kappa shape index (κ3) is 4.51. The number of aryl methyl sites for hydroxylation is 1. The quantitative estimate of drug-likeness (QED) is 0.559. The van der Waals surface area contributed by atoms with Gasteiger partial charge < -0.3 is 20.4 Å². The Hall–Kier alpha value is -2.68. The minimum absolute atomic E-state index is 0.0135. The highest BCUT2D eigenvalue weighted by Gasteiger charge is 2.26. The molecule has 3 aromatic rings. The largest absolute Gasteiger partial charge is 0.393 e. The van der Waals surface area contributed by atoms with Crippen molar-refractivity contribution < 1.29 is 18.6 Å². The van der Waals surface area contributed by atoms with Gasteiger partial charge in [0.25, 0.3) is 0 Å². The van der Waals surface area contributed by atoms with Crippen molar-refractivity contribution in [1.29, 1.82) is 0 Å². The van der Waals surface area contributed by atoms with Gasteiger partial charge in [0.2, 0.25) is 0 Å². The van der Waals surface area contributed by atoms with Crippen LogP contribution in [-0.2, 0) is 16.4 Å². The fourth-order valence-corrected chi connectivity index (χ4v) is 5.23. The molecule has 1 unspecified atom stereocenters. The Labute approximate surface area is 182 Å². The van der Waals surface area contributed by atoms with Gasteiger partial charge in [0.15, 0.2) is 9.84 Å². The van der Waals surface area contributed by atoms with E-state index in [4.69, 9.17) is 4.98 Å². The summed E-state index contributed by atoms with van der Waals surface area (Å²) in [4.78, 5) is 7.16. The zero-order valence-electron chi connectivity index (χ0n) is 17.7. The number of rotatable bonds is 5. The molecule has 0 bridgehead atoms. The minimum atomic E-state index is -3.36. The van der Waals surface area contributed by atoms with Crippen molar-refractivity contribution in [2.24, 2.45) is 0 Å². The lowest BCUT2D eigenvalue weighted by atomic mass is 10.1. The van der Waals surface area contributed by atoms with Crippen molar-refractivity contribution in [1.82, 2.24) is 4.98 Å². The van der Waals surface area contributed by atoms with Gasteiger partial charge >= 0.3 is 0 Å². The van der Waals surface area contributed by atoms with Crippen molar-refractivity contribution in [3.8, 4) is 0 Å². The summed E-state index contributed by atoms with van der Waals surface area (Å²) in [6, 6.07) is 14.9. The summed E-state index contributed by atoms with van der Waals surface area (Å²) in [6.07, 6.45) is 0. The lowest BCUT2D eigenvalue weighted by Crippen LogP contribution is -2.37. The topological polar surface area (TPSA) is 103 Å². The van der Waals surface area contributed by atoms with E-state index >= 15 is 0 Å². The molecule has 164 valence electrons. The number of aliphatic hydroxyl groups is 2. The molecular weight excluding hydrogens is 414 g/mol. The molecule has 2 aromatic carbocycles. The third-order valence-electron chi connectivity index (χ3n) is 5.57. The van der Waals surface area contributed by atoms with Gasteiger partial charge in [-0.05, 0) is 37.6 Å². The summed E-state index contributed by atoms with van der Waals surface area (Å²) in [5.41, 5.74) is 2.11. The van der Waals surface area contributed by atoms with Crippen LogP contribution in [0, 0.1) is 6.92 Å². The highest BCUT2D eigenvalue weighted by Crippen LogP contribution is 2.31. The monoisotopic (exact) mass is 441 g/mol. The van der Waals surface area contributed by atoms with Gasteiger partial charge in [-0.1, -0.05) is 29.8 Å². The molecule has 0 amide bonds. The molecule has 0 aliphatic carbocycles. The van der Waals surface area contributed by atoms with Crippen molar-refractivity contribution in [2.75, 3.05) is 35.7 Å². The average Bonchev–Trinajstić information content (AvgIpc) is 2.88. The molecule has 31 heavy (non-hydrogen) atoms. The average molecular weight is 442 g/mol. The summed E-state index contributed by atoms with van der Waals surface area (Å²) in [6.45, 7) is 4.12. The molecule has 2 heterocycles. The Morgan fingerprint density at radius 2 is 1.97 bits per heavy atom. The number of anilines is 2. The molecule has 0 spiro atoms. The molecule has 1 aliphatic rings. The maximum absolute atomic E-state index is 12.7. The van der Waals surface area contributed by atoms with E-state index < -0.39 is 15.4 Å². The van der Waals surface area contributed by atoms with Crippen LogP contribution >= 0.6 is 0 Å². The van der Waals surface area contributed by atoms with Crippen molar-refractivity contribution in [3.63, 3.8) is 0 Å². The number of nitrogens with zero attached hydrogens (tertiary/aromatic N) is 2. The van der Waals surface area contributed by atoms with Crippen molar-refractivity contribution >= 4 is 32.2 Å². The first-order chi connectivity index (χ1) is 14.7. The van der Waals surface area contributed by atoms with Gasteiger partial charge in [0.1, 0.15) is 11.4 Å². The van der Waals surface area contributed by atoms with Gasteiger partial charge in [0.05, 0.1) is 22.8 Å². The van der Waals surface area contributed by atoms with Crippen molar-refractivity contribution in [2.45, 2.75) is 30.9 Å². The lowest BCUT2D eigenvalue weighted by molar-refractivity contribution is 0.0132. The molecule has 8 heteroatoms. The number of aromatic nitrogens is 1. The molecule has 7 nitrogen and oxygen atoms in total. The Bertz CT molecular complexity index is 1220. The number of aliphatic hydroxyl groups excluding tert-OH is 1. The highest BCUT2D eigenvalue weighted by atomic mass is 32.2. The molecule has 3 N–H and O–H groups in total. The second kappa shape index (κ2) is 8.11. The van der Waals surface area contributed by atoms with Gasteiger partial charge in [-0.15, -0.1) is 0 Å². The van der Waals surface area contributed by atoms with Crippen LogP contribution in [0.25, 0.3) is 10.9 Å². The van der Waals surface area contributed by atoms with E-state index in [1.54, 1.807) is 19.1 Å². The highest BCUT2D eigenvalue weighted by molar-refractivity contribution is 7.91. The van der Waals surface area contributed by atoms with E-state index in [-0.39, 0.29) is 18.9 Å². The van der Waals surface area contributed by atoms with Crippen LogP contribution in [0.2, 0.25) is 0 Å². The van der Waals surface area contributed by atoms with Crippen molar-refractivity contribution in [3.05, 3.63) is 59.7 Å². The first kappa shape index (κ1) is 21.5. The van der Waals surface area contributed by atoms with E-state index in [0.717, 1.165) is 27.7 Å². The number of sulfone groups is 1. The van der Waals surface area contributed by atoms with E-state index in [9.17, 15) is 18.6 Å².